The lowest BCUT2D eigenvalue weighted by molar-refractivity contribution is -0.127. The number of benzene rings is 2. The molecule has 1 N–H and O–H groups in total. The quantitative estimate of drug-likeness (QED) is 0.861. The van der Waals surface area contributed by atoms with Crippen molar-refractivity contribution in [1.29, 1.82) is 5.26 Å². The van der Waals surface area contributed by atoms with Crippen LogP contribution in [-0.4, -0.2) is 12.0 Å². The van der Waals surface area contributed by atoms with Crippen molar-refractivity contribution in [3.8, 4) is 11.8 Å². The summed E-state index contributed by atoms with van der Waals surface area (Å²) in [7, 11) is 0. The minimum Gasteiger partial charge on any atom is -0.481 e. The first-order valence-electron chi connectivity index (χ1n) is 8.13. The van der Waals surface area contributed by atoms with Crippen molar-refractivity contribution in [2.75, 3.05) is 0 Å². The van der Waals surface area contributed by atoms with Crippen LogP contribution in [0.2, 0.25) is 0 Å². The van der Waals surface area contributed by atoms with E-state index >= 15 is 0 Å². The van der Waals surface area contributed by atoms with Gasteiger partial charge < -0.3 is 10.1 Å². The van der Waals surface area contributed by atoms with E-state index < -0.39 is 23.9 Å². The number of halogens is 1. The summed E-state index contributed by atoms with van der Waals surface area (Å²) in [6, 6.07) is 14.2. The standard InChI is InChI=1S/C20H21FN2O2/c1-13(2)15-7-6-8-16(11-15)25-14(3)20(24)23-19(12-22)17-9-4-5-10-18(17)21/h4-11,13-14,19H,1-3H3,(H,23,24). The van der Waals surface area contributed by atoms with E-state index in [1.165, 1.54) is 18.2 Å². The van der Waals surface area contributed by atoms with Crippen molar-refractivity contribution < 1.29 is 13.9 Å². The average molecular weight is 340 g/mol. The molecule has 0 saturated carbocycles. The normalized spacial score (nSPS) is 13.0. The summed E-state index contributed by atoms with van der Waals surface area (Å²) in [4.78, 5) is 12.3. The molecule has 0 aromatic heterocycles. The Kier molecular flexibility index (Phi) is 6.13. The Morgan fingerprint density at radius 2 is 1.88 bits per heavy atom. The van der Waals surface area contributed by atoms with Gasteiger partial charge in [0.15, 0.2) is 6.10 Å². The number of nitriles is 1. The Balaban J connectivity index is 2.06. The lowest BCUT2D eigenvalue weighted by atomic mass is 10.0. The fourth-order valence-electron chi connectivity index (χ4n) is 2.35. The molecule has 0 bridgehead atoms. The van der Waals surface area contributed by atoms with Crippen LogP contribution in [0.3, 0.4) is 0 Å². The van der Waals surface area contributed by atoms with E-state index in [1.54, 1.807) is 19.1 Å². The van der Waals surface area contributed by atoms with Gasteiger partial charge in [0.05, 0.1) is 6.07 Å². The molecule has 0 heterocycles. The highest BCUT2D eigenvalue weighted by molar-refractivity contribution is 5.81. The van der Waals surface area contributed by atoms with Gasteiger partial charge in [-0.3, -0.25) is 4.79 Å². The van der Waals surface area contributed by atoms with Crippen molar-refractivity contribution in [2.45, 2.75) is 38.8 Å². The maximum atomic E-state index is 13.8. The molecule has 2 unspecified atom stereocenters. The largest absolute Gasteiger partial charge is 0.481 e. The van der Waals surface area contributed by atoms with Gasteiger partial charge in [-0.2, -0.15) is 5.26 Å². The Bertz CT molecular complexity index is 783. The maximum absolute atomic E-state index is 13.8. The molecule has 5 heteroatoms. The molecule has 4 nitrogen and oxygen atoms in total. The van der Waals surface area contributed by atoms with Gasteiger partial charge in [-0.1, -0.05) is 44.2 Å². The molecule has 0 spiro atoms. The van der Waals surface area contributed by atoms with Gasteiger partial charge in [0.25, 0.3) is 5.91 Å². The fourth-order valence-corrected chi connectivity index (χ4v) is 2.35. The molecule has 2 atom stereocenters. The molecule has 1 amide bonds. The molecular weight excluding hydrogens is 319 g/mol. The Hall–Kier alpha value is -2.87. The second kappa shape index (κ2) is 8.29. The third-order valence-electron chi connectivity index (χ3n) is 3.84. The van der Waals surface area contributed by atoms with Gasteiger partial charge in [-0.15, -0.1) is 0 Å². The summed E-state index contributed by atoms with van der Waals surface area (Å²) in [5.74, 6) is -0.0951. The first-order valence-corrected chi connectivity index (χ1v) is 8.13. The van der Waals surface area contributed by atoms with E-state index in [9.17, 15) is 14.4 Å². The third kappa shape index (κ3) is 4.80. The number of amides is 1. The number of nitrogens with one attached hydrogen (secondary N) is 1. The van der Waals surface area contributed by atoms with Crippen LogP contribution in [0.15, 0.2) is 48.5 Å². The van der Waals surface area contributed by atoms with Crippen LogP contribution in [0, 0.1) is 17.1 Å². The number of rotatable bonds is 6. The number of nitrogens with zero attached hydrogens (tertiary/aromatic N) is 1. The topological polar surface area (TPSA) is 62.1 Å². The molecule has 0 aliphatic carbocycles. The summed E-state index contributed by atoms with van der Waals surface area (Å²) < 4.78 is 19.5. The number of ether oxygens (including phenoxy) is 1. The molecule has 0 saturated heterocycles. The molecule has 2 aromatic carbocycles. The molecule has 0 aliphatic rings. The second-order valence-electron chi connectivity index (χ2n) is 6.08. The number of carbonyl (C=O) groups is 1. The van der Waals surface area contributed by atoms with Gasteiger partial charge >= 0.3 is 0 Å². The Morgan fingerprint density at radius 3 is 2.52 bits per heavy atom. The SMILES string of the molecule is CC(Oc1cccc(C(C)C)c1)C(=O)NC(C#N)c1ccccc1F. The van der Waals surface area contributed by atoms with Crippen molar-refractivity contribution in [1.82, 2.24) is 5.32 Å². The number of hydrogen-bond acceptors (Lipinski definition) is 3. The number of hydrogen-bond donors (Lipinski definition) is 1. The van der Waals surface area contributed by atoms with Gasteiger partial charge in [-0.05, 0) is 36.6 Å². The average Bonchev–Trinajstić information content (AvgIpc) is 2.60. The molecule has 130 valence electrons. The van der Waals surface area contributed by atoms with Crippen molar-refractivity contribution >= 4 is 5.91 Å². The molecule has 0 radical (unpaired) electrons. The highest BCUT2D eigenvalue weighted by Gasteiger charge is 2.22. The molecule has 2 aromatic rings. The first kappa shape index (κ1) is 18.5. The predicted octanol–water partition coefficient (Wildman–Crippen LogP) is 4.10. The molecular formula is C20H21FN2O2. The van der Waals surface area contributed by atoms with E-state index in [-0.39, 0.29) is 5.56 Å². The van der Waals surface area contributed by atoms with Gasteiger partial charge in [0, 0.05) is 5.56 Å². The highest BCUT2D eigenvalue weighted by Crippen LogP contribution is 2.21. The summed E-state index contributed by atoms with van der Waals surface area (Å²) in [6.45, 7) is 5.73. The minimum atomic E-state index is -1.07. The van der Waals surface area contributed by atoms with Crippen LogP contribution in [0.25, 0.3) is 0 Å². The summed E-state index contributed by atoms with van der Waals surface area (Å²) in [5, 5.41) is 11.8. The highest BCUT2D eigenvalue weighted by atomic mass is 19.1. The van der Waals surface area contributed by atoms with Crippen molar-refractivity contribution in [3.05, 3.63) is 65.5 Å². The maximum Gasteiger partial charge on any atom is 0.262 e. The fraction of sp³-hybridized carbons (Fsp3) is 0.300. The summed E-state index contributed by atoms with van der Waals surface area (Å²) >= 11 is 0. The van der Waals surface area contributed by atoms with Gasteiger partial charge in [0.2, 0.25) is 0 Å². The van der Waals surface area contributed by atoms with Crippen LogP contribution >= 0.6 is 0 Å². The lowest BCUT2D eigenvalue weighted by Gasteiger charge is -2.18. The minimum absolute atomic E-state index is 0.132. The van der Waals surface area contributed by atoms with Gasteiger partial charge in [0.1, 0.15) is 17.6 Å². The smallest absolute Gasteiger partial charge is 0.262 e. The van der Waals surface area contributed by atoms with Crippen molar-refractivity contribution in [2.24, 2.45) is 0 Å². The number of carbonyl (C=O) groups excluding carboxylic acids is 1. The predicted molar refractivity (Wildman–Crippen MR) is 93.5 cm³/mol. The molecule has 2 rings (SSSR count). The van der Waals surface area contributed by atoms with Crippen LogP contribution < -0.4 is 10.1 Å². The van der Waals surface area contributed by atoms with E-state index in [0.717, 1.165) is 5.56 Å². The Morgan fingerprint density at radius 1 is 1.16 bits per heavy atom. The molecule has 0 aliphatic heterocycles. The van der Waals surface area contributed by atoms with Crippen LogP contribution in [0.5, 0.6) is 5.75 Å². The summed E-state index contributed by atoms with van der Waals surface area (Å²) in [5.41, 5.74) is 1.23. The van der Waals surface area contributed by atoms with Crippen LogP contribution in [0.1, 0.15) is 43.9 Å². The van der Waals surface area contributed by atoms with Crippen LogP contribution in [0.4, 0.5) is 4.39 Å². The zero-order valence-electron chi connectivity index (χ0n) is 14.5. The van der Waals surface area contributed by atoms with E-state index in [0.29, 0.717) is 11.7 Å². The summed E-state index contributed by atoms with van der Waals surface area (Å²) in [6.07, 6.45) is -0.815. The van der Waals surface area contributed by atoms with E-state index in [2.05, 4.69) is 19.2 Å². The van der Waals surface area contributed by atoms with E-state index in [1.807, 2.05) is 24.3 Å². The second-order valence-corrected chi connectivity index (χ2v) is 6.08. The Labute approximate surface area is 147 Å². The molecule has 0 fully saturated rings. The van der Waals surface area contributed by atoms with Gasteiger partial charge in [-0.25, -0.2) is 4.39 Å². The zero-order valence-corrected chi connectivity index (χ0v) is 14.5. The molecule has 25 heavy (non-hydrogen) atoms. The van der Waals surface area contributed by atoms with Crippen molar-refractivity contribution in [3.63, 3.8) is 0 Å². The first-order chi connectivity index (χ1) is 11.9. The zero-order chi connectivity index (χ0) is 18.4. The third-order valence-corrected chi connectivity index (χ3v) is 3.84. The van der Waals surface area contributed by atoms with Crippen LogP contribution in [-0.2, 0) is 4.79 Å². The lowest BCUT2D eigenvalue weighted by Crippen LogP contribution is -2.38. The monoisotopic (exact) mass is 340 g/mol. The van der Waals surface area contributed by atoms with E-state index in [4.69, 9.17) is 4.74 Å².